The smallest absolute Gasteiger partial charge is 0.275 e. The van der Waals surface area contributed by atoms with E-state index < -0.39 is 10.0 Å². The summed E-state index contributed by atoms with van der Waals surface area (Å²) in [5.74, 6) is 0.295. The molecule has 38 heavy (non-hydrogen) atoms. The molecule has 3 heterocycles. The van der Waals surface area contributed by atoms with E-state index in [2.05, 4.69) is 22.3 Å². The second-order valence-electron chi connectivity index (χ2n) is 9.81. The van der Waals surface area contributed by atoms with Crippen molar-refractivity contribution < 1.29 is 22.8 Å². The molecule has 11 nitrogen and oxygen atoms in total. The van der Waals surface area contributed by atoms with Gasteiger partial charge in [0.25, 0.3) is 5.91 Å². The summed E-state index contributed by atoms with van der Waals surface area (Å²) >= 11 is 0. The number of carbonyl (C=O) groups is 1. The maximum atomic E-state index is 13.5. The molecule has 4 rings (SSSR count). The highest BCUT2D eigenvalue weighted by atomic mass is 32.2. The molecule has 1 N–H and O–H groups in total. The zero-order valence-electron chi connectivity index (χ0n) is 22.8. The summed E-state index contributed by atoms with van der Waals surface area (Å²) in [4.78, 5) is 20.5. The number of hydrazone groups is 1. The van der Waals surface area contributed by atoms with Crippen LogP contribution >= 0.6 is 0 Å². The van der Waals surface area contributed by atoms with Crippen molar-refractivity contribution >= 4 is 28.0 Å². The van der Waals surface area contributed by atoms with Crippen LogP contribution in [0.2, 0.25) is 0 Å². The average molecular weight is 547 g/mol. The van der Waals surface area contributed by atoms with E-state index in [1.165, 1.54) is 11.4 Å². The summed E-state index contributed by atoms with van der Waals surface area (Å²) in [6, 6.07) is 4.66. The first-order chi connectivity index (χ1) is 18.2. The molecule has 1 amide bonds. The SMILES string of the molecule is CCCOc1ccc(S(=O)(=O)N2CCN(C)CC2)cc1C1=NN2C(=C(C)C(/C=N/OC)C2CCC)C(=O)N1. The third-order valence-corrected chi connectivity index (χ3v) is 9.06. The minimum Gasteiger partial charge on any atom is -0.493 e. The molecule has 1 fully saturated rings. The van der Waals surface area contributed by atoms with Gasteiger partial charge in [-0.05, 0) is 50.6 Å². The number of sulfonamides is 1. The highest BCUT2D eigenvalue weighted by Crippen LogP contribution is 2.38. The number of piperazine rings is 1. The van der Waals surface area contributed by atoms with Crippen molar-refractivity contribution in [3.8, 4) is 5.75 Å². The molecule has 2 atom stereocenters. The molecular formula is C26H38N6O5S. The second-order valence-corrected chi connectivity index (χ2v) is 11.7. The van der Waals surface area contributed by atoms with Crippen LogP contribution in [-0.4, -0.2) is 93.6 Å². The van der Waals surface area contributed by atoms with Gasteiger partial charge in [-0.2, -0.15) is 9.41 Å². The number of nitrogens with zero attached hydrogens (tertiary/aromatic N) is 5. The van der Waals surface area contributed by atoms with Gasteiger partial charge in [-0.15, -0.1) is 0 Å². The van der Waals surface area contributed by atoms with Crippen molar-refractivity contribution in [1.29, 1.82) is 0 Å². The van der Waals surface area contributed by atoms with Crippen LogP contribution < -0.4 is 10.1 Å². The number of likely N-dealkylation sites (N-methyl/N-ethyl adjacent to an activating group) is 1. The topological polar surface area (TPSA) is 116 Å². The Kier molecular flexibility index (Phi) is 8.74. The van der Waals surface area contributed by atoms with E-state index in [4.69, 9.17) is 14.7 Å². The lowest BCUT2D eigenvalue weighted by Crippen LogP contribution is -2.47. The Hall–Kier alpha value is -2.96. The number of amidine groups is 1. The molecule has 3 aliphatic heterocycles. The first-order valence-corrected chi connectivity index (χ1v) is 14.6. The molecule has 1 saturated heterocycles. The maximum absolute atomic E-state index is 13.5. The number of amides is 1. The molecule has 3 aliphatic rings. The Balaban J connectivity index is 1.77. The van der Waals surface area contributed by atoms with Gasteiger partial charge in [0, 0.05) is 32.1 Å². The highest BCUT2D eigenvalue weighted by molar-refractivity contribution is 7.89. The van der Waals surface area contributed by atoms with E-state index in [1.54, 1.807) is 29.4 Å². The number of benzene rings is 1. The molecule has 0 bridgehead atoms. The summed E-state index contributed by atoms with van der Waals surface area (Å²) in [6.45, 7) is 8.60. The molecule has 208 valence electrons. The van der Waals surface area contributed by atoms with Gasteiger partial charge in [0.15, 0.2) is 5.84 Å². The summed E-state index contributed by atoms with van der Waals surface area (Å²) in [7, 11) is -0.269. The number of hydrogen-bond donors (Lipinski definition) is 1. The van der Waals surface area contributed by atoms with Crippen LogP contribution in [0.5, 0.6) is 5.75 Å². The van der Waals surface area contributed by atoms with E-state index in [0.29, 0.717) is 49.8 Å². The van der Waals surface area contributed by atoms with Gasteiger partial charge in [0.1, 0.15) is 18.6 Å². The van der Waals surface area contributed by atoms with Gasteiger partial charge >= 0.3 is 0 Å². The van der Waals surface area contributed by atoms with Crippen LogP contribution in [-0.2, 0) is 19.7 Å². The Morgan fingerprint density at radius 3 is 2.58 bits per heavy atom. The zero-order chi connectivity index (χ0) is 27.4. The molecule has 2 unspecified atom stereocenters. The fraction of sp³-hybridized carbons (Fsp3) is 0.577. The number of hydrogen-bond acceptors (Lipinski definition) is 9. The Labute approximate surface area is 225 Å². The van der Waals surface area contributed by atoms with Crippen LogP contribution in [0.1, 0.15) is 45.6 Å². The third-order valence-electron chi connectivity index (χ3n) is 7.17. The van der Waals surface area contributed by atoms with E-state index in [0.717, 1.165) is 24.8 Å². The molecule has 1 aromatic carbocycles. The number of rotatable bonds is 10. The van der Waals surface area contributed by atoms with Crippen molar-refractivity contribution in [3.63, 3.8) is 0 Å². The van der Waals surface area contributed by atoms with Gasteiger partial charge in [-0.25, -0.2) is 8.42 Å². The van der Waals surface area contributed by atoms with E-state index in [-0.39, 0.29) is 28.6 Å². The summed E-state index contributed by atoms with van der Waals surface area (Å²) in [6.07, 6.45) is 4.15. The van der Waals surface area contributed by atoms with Crippen molar-refractivity contribution in [1.82, 2.24) is 19.5 Å². The number of nitrogens with one attached hydrogen (secondary N) is 1. The quantitative estimate of drug-likeness (QED) is 0.353. The number of oxime groups is 1. The van der Waals surface area contributed by atoms with Gasteiger partial charge in [-0.1, -0.05) is 25.4 Å². The largest absolute Gasteiger partial charge is 0.493 e. The van der Waals surface area contributed by atoms with Crippen molar-refractivity contribution in [2.24, 2.45) is 16.2 Å². The van der Waals surface area contributed by atoms with Crippen molar-refractivity contribution in [2.75, 3.05) is 46.9 Å². The lowest BCUT2D eigenvalue weighted by atomic mass is 9.93. The molecule has 0 aliphatic carbocycles. The Bertz CT molecular complexity index is 1240. The lowest BCUT2D eigenvalue weighted by Gasteiger charge is -2.32. The fourth-order valence-electron chi connectivity index (χ4n) is 5.08. The molecule has 0 aromatic heterocycles. The van der Waals surface area contributed by atoms with Crippen LogP contribution in [0, 0.1) is 5.92 Å². The monoisotopic (exact) mass is 546 g/mol. The molecule has 1 aromatic rings. The van der Waals surface area contributed by atoms with Gasteiger partial charge < -0.3 is 19.8 Å². The van der Waals surface area contributed by atoms with E-state index >= 15 is 0 Å². The van der Waals surface area contributed by atoms with Crippen LogP contribution in [0.25, 0.3) is 0 Å². The third kappa shape index (κ3) is 5.43. The molecular weight excluding hydrogens is 508 g/mol. The lowest BCUT2D eigenvalue weighted by molar-refractivity contribution is -0.118. The van der Waals surface area contributed by atoms with E-state index in [1.807, 2.05) is 20.9 Å². The maximum Gasteiger partial charge on any atom is 0.275 e. The molecule has 12 heteroatoms. The minimum absolute atomic E-state index is 0.118. The molecule has 0 radical (unpaired) electrons. The van der Waals surface area contributed by atoms with Crippen LogP contribution in [0.3, 0.4) is 0 Å². The fourth-order valence-corrected chi connectivity index (χ4v) is 6.53. The number of ether oxygens (including phenoxy) is 1. The summed E-state index contributed by atoms with van der Waals surface area (Å²) < 4.78 is 34.5. The number of carbonyl (C=O) groups excluding carboxylic acids is 1. The summed E-state index contributed by atoms with van der Waals surface area (Å²) in [5.41, 5.74) is 1.78. The predicted octanol–water partition coefficient (Wildman–Crippen LogP) is 2.21. The summed E-state index contributed by atoms with van der Waals surface area (Å²) in [5, 5.41) is 13.5. The van der Waals surface area contributed by atoms with Crippen molar-refractivity contribution in [2.45, 2.75) is 51.0 Å². The first kappa shape index (κ1) is 28.1. The normalized spacial score (nSPS) is 23.0. The van der Waals surface area contributed by atoms with Gasteiger partial charge in [0.2, 0.25) is 10.0 Å². The predicted molar refractivity (Wildman–Crippen MR) is 145 cm³/mol. The first-order valence-electron chi connectivity index (χ1n) is 13.1. The van der Waals surface area contributed by atoms with Gasteiger partial charge in [-0.3, -0.25) is 9.80 Å². The molecule has 0 spiro atoms. The highest BCUT2D eigenvalue weighted by Gasteiger charge is 2.43. The van der Waals surface area contributed by atoms with Gasteiger partial charge in [0.05, 0.1) is 29.3 Å². The van der Waals surface area contributed by atoms with Crippen LogP contribution in [0.4, 0.5) is 0 Å². The second kappa shape index (κ2) is 11.8. The minimum atomic E-state index is -3.73. The standard InChI is InChI=1S/C26H38N6O5S/c1-6-8-22-21(17-27-36-5)18(3)24-26(33)28-25(29-32(22)24)20-16-19(9-10-23(20)37-15-7-2)38(34,35)31-13-11-30(4)12-14-31/h9-10,16-17,21-22H,6-8,11-15H2,1-5H3,(H,28,29,33)/b27-17+. The average Bonchev–Trinajstić information content (AvgIpc) is 3.17. The Morgan fingerprint density at radius 2 is 1.92 bits per heavy atom. The van der Waals surface area contributed by atoms with Crippen molar-refractivity contribution in [3.05, 3.63) is 35.0 Å². The Morgan fingerprint density at radius 1 is 1.18 bits per heavy atom. The molecule has 0 saturated carbocycles. The van der Waals surface area contributed by atoms with Crippen LogP contribution in [0.15, 0.2) is 44.6 Å². The van der Waals surface area contributed by atoms with E-state index in [9.17, 15) is 13.2 Å². The zero-order valence-corrected chi connectivity index (χ0v) is 23.6. The number of fused-ring (bicyclic) bond motifs is 1.